The van der Waals surface area contributed by atoms with E-state index < -0.39 is 5.82 Å². The van der Waals surface area contributed by atoms with Gasteiger partial charge >= 0.3 is 0 Å². The topological polar surface area (TPSA) is 24.1 Å². The van der Waals surface area contributed by atoms with Gasteiger partial charge in [-0.2, -0.15) is 0 Å². The maximum Gasteiger partial charge on any atom is 0.170 e. The van der Waals surface area contributed by atoms with Crippen molar-refractivity contribution >= 4 is 34.6 Å². The average Bonchev–Trinajstić information content (AvgIpc) is 2.10. The third kappa shape index (κ3) is 3.12. The van der Waals surface area contributed by atoms with E-state index in [2.05, 4.69) is 10.6 Å². The van der Waals surface area contributed by atoms with Gasteiger partial charge in [0, 0.05) is 11.6 Å². The molecule has 0 aliphatic rings. The highest BCUT2D eigenvalue weighted by molar-refractivity contribution is 7.80. The molecule has 0 heterocycles. The van der Waals surface area contributed by atoms with Crippen LogP contribution in [0.5, 0.6) is 0 Å². The van der Waals surface area contributed by atoms with E-state index in [0.29, 0.717) is 22.4 Å². The summed E-state index contributed by atoms with van der Waals surface area (Å²) in [5.74, 6) is -0.419. The largest absolute Gasteiger partial charge is 0.363 e. The molecule has 5 heteroatoms. The van der Waals surface area contributed by atoms with Crippen molar-refractivity contribution in [2.75, 3.05) is 11.9 Å². The Kier molecular flexibility index (Phi) is 4.10. The molecular formula is C9H10ClFN2S. The molecule has 0 amide bonds. The maximum absolute atomic E-state index is 13.2. The minimum Gasteiger partial charge on any atom is -0.363 e. The number of thiocarbonyl (C=S) groups is 1. The molecule has 0 aliphatic carbocycles. The van der Waals surface area contributed by atoms with Crippen molar-refractivity contribution in [3.63, 3.8) is 0 Å². The monoisotopic (exact) mass is 232 g/mol. The standard InChI is InChI=1S/C9H10ClFN2S/c1-2-12-9(14)13-8-4-3-6(10)5-7(8)11/h3-5H,2H2,1H3,(H2,12,13,14). The zero-order valence-electron chi connectivity index (χ0n) is 7.60. The van der Waals surface area contributed by atoms with E-state index in [4.69, 9.17) is 23.8 Å². The van der Waals surface area contributed by atoms with Gasteiger partial charge in [0.15, 0.2) is 5.11 Å². The lowest BCUT2D eigenvalue weighted by molar-refractivity contribution is 0.632. The fourth-order valence-corrected chi connectivity index (χ4v) is 1.33. The first kappa shape index (κ1) is 11.2. The molecule has 0 saturated carbocycles. The highest BCUT2D eigenvalue weighted by atomic mass is 35.5. The summed E-state index contributed by atoms with van der Waals surface area (Å²) in [7, 11) is 0. The highest BCUT2D eigenvalue weighted by Gasteiger charge is 2.03. The van der Waals surface area contributed by atoms with Crippen LogP contribution >= 0.6 is 23.8 Å². The Morgan fingerprint density at radius 1 is 1.57 bits per heavy atom. The Balaban J connectivity index is 2.72. The van der Waals surface area contributed by atoms with E-state index >= 15 is 0 Å². The van der Waals surface area contributed by atoms with Crippen LogP contribution in [0.2, 0.25) is 5.02 Å². The van der Waals surface area contributed by atoms with Gasteiger partial charge in [0.2, 0.25) is 0 Å². The molecule has 0 unspecified atom stereocenters. The fourth-order valence-electron chi connectivity index (χ4n) is 0.918. The number of anilines is 1. The second-order valence-corrected chi connectivity index (χ2v) is 3.45. The molecule has 0 bridgehead atoms. The maximum atomic E-state index is 13.2. The van der Waals surface area contributed by atoms with E-state index in [0.717, 1.165) is 0 Å². The third-order valence-electron chi connectivity index (χ3n) is 1.52. The fraction of sp³-hybridized carbons (Fsp3) is 0.222. The van der Waals surface area contributed by atoms with Crippen LogP contribution in [0.4, 0.5) is 10.1 Å². The predicted octanol–water partition coefficient (Wildman–Crippen LogP) is 2.79. The molecule has 0 atom stereocenters. The van der Waals surface area contributed by atoms with Crippen LogP contribution in [0.15, 0.2) is 18.2 Å². The number of nitrogens with one attached hydrogen (secondary N) is 2. The lowest BCUT2D eigenvalue weighted by Crippen LogP contribution is -2.28. The van der Waals surface area contributed by atoms with Crippen molar-refractivity contribution in [2.24, 2.45) is 0 Å². The van der Waals surface area contributed by atoms with Crippen molar-refractivity contribution in [1.29, 1.82) is 0 Å². The normalized spacial score (nSPS) is 9.64. The van der Waals surface area contributed by atoms with E-state index in [1.807, 2.05) is 6.92 Å². The van der Waals surface area contributed by atoms with Crippen molar-refractivity contribution in [3.8, 4) is 0 Å². The predicted molar refractivity (Wildman–Crippen MR) is 61.3 cm³/mol. The quantitative estimate of drug-likeness (QED) is 0.767. The number of rotatable bonds is 2. The lowest BCUT2D eigenvalue weighted by atomic mass is 10.3. The Hall–Kier alpha value is -0.870. The number of halogens is 2. The molecule has 1 rings (SSSR count). The SMILES string of the molecule is CCNC(=S)Nc1ccc(Cl)cc1F. The van der Waals surface area contributed by atoms with Gasteiger partial charge in [-0.3, -0.25) is 0 Å². The number of hydrogen-bond acceptors (Lipinski definition) is 1. The third-order valence-corrected chi connectivity index (χ3v) is 2.00. The van der Waals surface area contributed by atoms with Gasteiger partial charge in [-0.1, -0.05) is 11.6 Å². The van der Waals surface area contributed by atoms with Gasteiger partial charge in [-0.25, -0.2) is 4.39 Å². The molecule has 1 aromatic carbocycles. The zero-order chi connectivity index (χ0) is 10.6. The molecule has 0 saturated heterocycles. The molecule has 76 valence electrons. The van der Waals surface area contributed by atoms with Crippen molar-refractivity contribution in [3.05, 3.63) is 29.0 Å². The number of benzene rings is 1. The Labute approximate surface area is 92.5 Å². The van der Waals surface area contributed by atoms with Crippen LogP contribution in [-0.2, 0) is 0 Å². The molecule has 2 nitrogen and oxygen atoms in total. The van der Waals surface area contributed by atoms with E-state index in [1.165, 1.54) is 6.07 Å². The highest BCUT2D eigenvalue weighted by Crippen LogP contribution is 2.18. The summed E-state index contributed by atoms with van der Waals surface area (Å²) in [5.41, 5.74) is 0.320. The molecule has 0 fully saturated rings. The Bertz CT molecular complexity index is 344. The summed E-state index contributed by atoms with van der Waals surface area (Å²) in [6.07, 6.45) is 0. The number of hydrogen-bond donors (Lipinski definition) is 2. The van der Waals surface area contributed by atoms with E-state index in [1.54, 1.807) is 12.1 Å². The van der Waals surface area contributed by atoms with Crippen LogP contribution in [0.25, 0.3) is 0 Å². The first-order valence-electron chi connectivity index (χ1n) is 4.13. The summed E-state index contributed by atoms with van der Waals surface area (Å²) >= 11 is 10.5. The lowest BCUT2D eigenvalue weighted by Gasteiger charge is -2.09. The molecular weight excluding hydrogens is 223 g/mol. The Morgan fingerprint density at radius 3 is 2.86 bits per heavy atom. The summed E-state index contributed by atoms with van der Waals surface area (Å²) in [6.45, 7) is 2.60. The van der Waals surface area contributed by atoms with Crippen LogP contribution < -0.4 is 10.6 Å². The first-order valence-corrected chi connectivity index (χ1v) is 4.92. The molecule has 1 aromatic rings. The molecule has 0 spiro atoms. The smallest absolute Gasteiger partial charge is 0.170 e. The minimum atomic E-state index is -0.419. The van der Waals surface area contributed by atoms with Crippen LogP contribution in [-0.4, -0.2) is 11.7 Å². The molecule has 2 N–H and O–H groups in total. The van der Waals surface area contributed by atoms with E-state index in [9.17, 15) is 4.39 Å². The minimum absolute atomic E-state index is 0.320. The van der Waals surface area contributed by atoms with Gasteiger partial charge < -0.3 is 10.6 Å². The zero-order valence-corrected chi connectivity index (χ0v) is 9.18. The van der Waals surface area contributed by atoms with Gasteiger partial charge in [0.1, 0.15) is 5.82 Å². The van der Waals surface area contributed by atoms with Gasteiger partial charge in [0.25, 0.3) is 0 Å². The Morgan fingerprint density at radius 2 is 2.29 bits per heavy atom. The van der Waals surface area contributed by atoms with Crippen LogP contribution in [0, 0.1) is 5.82 Å². The molecule has 0 aliphatic heterocycles. The average molecular weight is 233 g/mol. The summed E-state index contributed by atoms with van der Waals surface area (Å²) in [6, 6.07) is 4.38. The van der Waals surface area contributed by atoms with E-state index in [-0.39, 0.29) is 0 Å². The summed E-state index contributed by atoms with van der Waals surface area (Å²) in [4.78, 5) is 0. The van der Waals surface area contributed by atoms with Crippen LogP contribution in [0.3, 0.4) is 0 Å². The van der Waals surface area contributed by atoms with Crippen molar-refractivity contribution in [1.82, 2.24) is 5.32 Å². The molecule has 14 heavy (non-hydrogen) atoms. The second-order valence-electron chi connectivity index (χ2n) is 2.61. The summed E-state index contributed by atoms with van der Waals surface area (Å²) in [5, 5.41) is 6.34. The second kappa shape index (κ2) is 5.12. The molecule has 0 radical (unpaired) electrons. The molecule has 0 aromatic heterocycles. The van der Waals surface area contributed by atoms with Crippen LogP contribution in [0.1, 0.15) is 6.92 Å². The summed E-state index contributed by atoms with van der Waals surface area (Å²) < 4.78 is 13.2. The van der Waals surface area contributed by atoms with Gasteiger partial charge in [-0.15, -0.1) is 0 Å². The first-order chi connectivity index (χ1) is 6.63. The van der Waals surface area contributed by atoms with Crippen molar-refractivity contribution in [2.45, 2.75) is 6.92 Å². The van der Waals surface area contributed by atoms with Crippen molar-refractivity contribution < 1.29 is 4.39 Å². The van der Waals surface area contributed by atoms with Gasteiger partial charge in [0.05, 0.1) is 5.69 Å². The van der Waals surface area contributed by atoms with Gasteiger partial charge in [-0.05, 0) is 37.3 Å².